The molecule has 0 saturated carbocycles. The van der Waals surface area contributed by atoms with E-state index in [4.69, 9.17) is 0 Å². The van der Waals surface area contributed by atoms with Crippen LogP contribution in [0.5, 0.6) is 0 Å². The van der Waals surface area contributed by atoms with Crippen molar-refractivity contribution in [1.29, 1.82) is 0 Å². The Morgan fingerprint density at radius 1 is 1.10 bits per heavy atom. The van der Waals surface area contributed by atoms with Gasteiger partial charge < -0.3 is 0 Å². The van der Waals surface area contributed by atoms with Crippen LogP contribution < -0.4 is 0 Å². The van der Waals surface area contributed by atoms with Gasteiger partial charge in [0.05, 0.1) is 16.4 Å². The van der Waals surface area contributed by atoms with Gasteiger partial charge in [0.1, 0.15) is 5.82 Å². The molecule has 0 aliphatic carbocycles. The van der Waals surface area contributed by atoms with Gasteiger partial charge in [0.2, 0.25) is 5.16 Å². The van der Waals surface area contributed by atoms with Gasteiger partial charge in [-0.15, -0.1) is 10.2 Å². The van der Waals surface area contributed by atoms with Crippen molar-refractivity contribution in [2.24, 2.45) is 0 Å². The van der Waals surface area contributed by atoms with Crippen molar-refractivity contribution in [2.45, 2.75) is 5.16 Å². The summed E-state index contributed by atoms with van der Waals surface area (Å²) in [6, 6.07) is 15.0. The van der Waals surface area contributed by atoms with Gasteiger partial charge in [-0.25, -0.2) is 4.39 Å². The molecule has 0 bridgehead atoms. The molecule has 0 unspecified atom stereocenters. The molecule has 0 radical (unpaired) electrons. The molecule has 4 aromatic rings. The molecule has 0 aliphatic heterocycles. The first kappa shape index (κ1) is 18.7. The van der Waals surface area contributed by atoms with Crippen LogP contribution in [0.3, 0.4) is 0 Å². The maximum Gasteiger partial charge on any atom is 0.270 e. The number of aromatic nitrogens is 4. The minimum absolute atomic E-state index is 0.0183. The number of hydrogen-bond acceptors (Lipinski definition) is 7. The molecule has 2 heterocycles. The number of benzene rings is 2. The van der Waals surface area contributed by atoms with E-state index in [1.807, 2.05) is 0 Å². The van der Waals surface area contributed by atoms with Crippen LogP contribution in [0.4, 0.5) is 10.1 Å². The minimum Gasteiger partial charge on any atom is -0.293 e. The lowest BCUT2D eigenvalue weighted by Gasteiger charge is -2.03. The molecule has 0 saturated heterocycles. The fourth-order valence-electron chi connectivity index (χ4n) is 2.64. The average molecular weight is 409 g/mol. The number of halogens is 1. The highest BCUT2D eigenvalue weighted by molar-refractivity contribution is 7.99. The van der Waals surface area contributed by atoms with E-state index in [-0.39, 0.29) is 28.6 Å². The van der Waals surface area contributed by atoms with Crippen molar-refractivity contribution in [3.63, 3.8) is 0 Å². The highest BCUT2D eigenvalue weighted by Crippen LogP contribution is 2.22. The zero-order chi connectivity index (χ0) is 20.4. The smallest absolute Gasteiger partial charge is 0.270 e. The summed E-state index contributed by atoms with van der Waals surface area (Å²) in [5.74, 6) is -0.593. The van der Waals surface area contributed by atoms with Crippen molar-refractivity contribution in [3.05, 3.63) is 82.2 Å². The molecule has 0 N–H and O–H groups in total. The van der Waals surface area contributed by atoms with Crippen molar-refractivity contribution in [1.82, 2.24) is 19.8 Å². The monoisotopic (exact) mass is 409 g/mol. The van der Waals surface area contributed by atoms with E-state index in [0.29, 0.717) is 16.5 Å². The van der Waals surface area contributed by atoms with E-state index in [1.165, 1.54) is 40.9 Å². The Labute approximate surface area is 167 Å². The lowest BCUT2D eigenvalue weighted by molar-refractivity contribution is -0.384. The van der Waals surface area contributed by atoms with Crippen LogP contribution in [0.1, 0.15) is 10.4 Å². The predicted molar refractivity (Wildman–Crippen MR) is 104 cm³/mol. The third-order valence-corrected chi connectivity index (χ3v) is 5.00. The number of carbonyl (C=O) groups is 1. The Morgan fingerprint density at radius 2 is 1.90 bits per heavy atom. The number of rotatable bonds is 6. The predicted octanol–water partition coefficient (Wildman–Crippen LogP) is 3.81. The molecule has 10 heteroatoms. The second-order valence-corrected chi connectivity index (χ2v) is 6.94. The Hall–Kier alpha value is -3.66. The van der Waals surface area contributed by atoms with Gasteiger partial charge in [-0.3, -0.25) is 14.9 Å². The highest BCUT2D eigenvalue weighted by atomic mass is 32.2. The molecule has 0 amide bonds. The fraction of sp³-hybridized carbons (Fsp3) is 0.0526. The van der Waals surface area contributed by atoms with Crippen LogP contribution in [0, 0.1) is 15.9 Å². The topological polar surface area (TPSA) is 103 Å². The van der Waals surface area contributed by atoms with Gasteiger partial charge in [-0.2, -0.15) is 9.61 Å². The largest absolute Gasteiger partial charge is 0.293 e. The molecule has 2 aromatic carbocycles. The summed E-state index contributed by atoms with van der Waals surface area (Å²) in [5.41, 5.74) is 1.94. The lowest BCUT2D eigenvalue weighted by atomic mass is 10.1. The Kier molecular flexibility index (Phi) is 5.00. The number of hydrogen-bond donors (Lipinski definition) is 0. The summed E-state index contributed by atoms with van der Waals surface area (Å²) < 4.78 is 14.6. The Morgan fingerprint density at radius 3 is 2.66 bits per heavy atom. The van der Waals surface area contributed by atoms with Crippen LogP contribution in [0.25, 0.3) is 16.9 Å². The second-order valence-electron chi connectivity index (χ2n) is 6.00. The molecule has 0 fully saturated rings. The van der Waals surface area contributed by atoms with Crippen LogP contribution in [0.15, 0.2) is 65.8 Å². The number of non-ortho nitro benzene ring substituents is 1. The van der Waals surface area contributed by atoms with Gasteiger partial charge in [0, 0.05) is 23.3 Å². The number of nitrogens with zero attached hydrogens (tertiary/aromatic N) is 5. The third-order valence-electron chi connectivity index (χ3n) is 4.09. The van der Waals surface area contributed by atoms with Gasteiger partial charge >= 0.3 is 0 Å². The number of ketones is 1. The van der Waals surface area contributed by atoms with E-state index in [0.717, 1.165) is 17.3 Å². The number of carbonyl (C=O) groups excluding carboxylic acids is 1. The van der Waals surface area contributed by atoms with Gasteiger partial charge in [0.25, 0.3) is 5.69 Å². The quantitative estimate of drug-likeness (QED) is 0.206. The molecule has 8 nitrogen and oxygen atoms in total. The summed E-state index contributed by atoms with van der Waals surface area (Å²) in [6.45, 7) is 0. The summed E-state index contributed by atoms with van der Waals surface area (Å²) >= 11 is 1.13. The van der Waals surface area contributed by atoms with Gasteiger partial charge in [-0.05, 0) is 36.4 Å². The number of fused-ring (bicyclic) bond motifs is 1. The van der Waals surface area contributed by atoms with E-state index in [2.05, 4.69) is 15.3 Å². The SMILES string of the molecule is O=C(CSc1nnc2ccc(-c3ccc(F)cc3)nn12)c1cccc([N+](=O)[O-])c1. The summed E-state index contributed by atoms with van der Waals surface area (Å²) in [4.78, 5) is 22.7. The molecule has 0 spiro atoms. The molecule has 0 aliphatic rings. The Balaban J connectivity index is 1.56. The van der Waals surface area contributed by atoms with E-state index in [1.54, 1.807) is 24.3 Å². The van der Waals surface area contributed by atoms with Crippen LogP contribution >= 0.6 is 11.8 Å². The summed E-state index contributed by atoms with van der Waals surface area (Å²) in [5, 5.41) is 23.8. The molecular formula is C19H12FN5O3S. The molecule has 4 rings (SSSR count). The van der Waals surface area contributed by atoms with Crippen LogP contribution in [-0.2, 0) is 0 Å². The molecule has 0 atom stereocenters. The van der Waals surface area contributed by atoms with Crippen LogP contribution in [-0.4, -0.2) is 36.3 Å². The van der Waals surface area contributed by atoms with Crippen molar-refractivity contribution >= 4 is 28.9 Å². The Bertz CT molecular complexity index is 1230. The second kappa shape index (κ2) is 7.76. The van der Waals surface area contributed by atoms with E-state index >= 15 is 0 Å². The van der Waals surface area contributed by atoms with E-state index < -0.39 is 4.92 Å². The van der Waals surface area contributed by atoms with Gasteiger partial charge in [-0.1, -0.05) is 23.9 Å². The van der Waals surface area contributed by atoms with Gasteiger partial charge in [0.15, 0.2) is 11.4 Å². The van der Waals surface area contributed by atoms with Crippen molar-refractivity contribution < 1.29 is 14.1 Å². The molecule has 2 aromatic heterocycles. The summed E-state index contributed by atoms with van der Waals surface area (Å²) in [6.07, 6.45) is 0. The number of Topliss-reactive ketones (excluding diaryl/α,β-unsaturated/α-hetero) is 1. The zero-order valence-electron chi connectivity index (χ0n) is 14.7. The fourth-order valence-corrected chi connectivity index (χ4v) is 3.42. The number of thioether (sulfide) groups is 1. The minimum atomic E-state index is -0.545. The van der Waals surface area contributed by atoms with E-state index in [9.17, 15) is 19.3 Å². The normalized spacial score (nSPS) is 10.9. The summed E-state index contributed by atoms with van der Waals surface area (Å²) in [7, 11) is 0. The molecule has 29 heavy (non-hydrogen) atoms. The third kappa shape index (κ3) is 3.97. The van der Waals surface area contributed by atoms with Crippen molar-refractivity contribution in [3.8, 4) is 11.3 Å². The van der Waals surface area contributed by atoms with Crippen molar-refractivity contribution in [2.75, 3.05) is 5.75 Å². The molecule has 144 valence electrons. The number of nitro groups is 1. The standard InChI is InChI=1S/C19H12FN5O3S/c20-14-6-4-12(5-7-14)16-8-9-18-21-22-19(24(18)23-16)29-11-17(26)13-2-1-3-15(10-13)25(27)28/h1-10H,11H2. The van der Waals surface area contributed by atoms with Crippen LogP contribution in [0.2, 0.25) is 0 Å². The first-order valence-corrected chi connectivity index (χ1v) is 9.39. The molecular weight excluding hydrogens is 397 g/mol. The average Bonchev–Trinajstić information content (AvgIpc) is 3.15. The first-order chi connectivity index (χ1) is 14.0. The lowest BCUT2D eigenvalue weighted by Crippen LogP contribution is -2.04. The highest BCUT2D eigenvalue weighted by Gasteiger charge is 2.15. The maximum atomic E-state index is 13.1. The number of nitro benzene ring substituents is 1. The first-order valence-electron chi connectivity index (χ1n) is 8.40. The zero-order valence-corrected chi connectivity index (χ0v) is 15.5. The maximum absolute atomic E-state index is 13.1.